The Morgan fingerprint density at radius 3 is 2.75 bits per heavy atom. The number of hydrogen-bond acceptors (Lipinski definition) is 4. The molecule has 3 rings (SSSR count). The molecule has 0 saturated carbocycles. The molecule has 0 aliphatic carbocycles. The fraction of sp³-hybridized carbons (Fsp3) is 0.350. The monoisotopic (exact) mass is 400 g/mol. The molecule has 0 atom stereocenters. The van der Waals surface area contributed by atoms with Crippen molar-refractivity contribution in [3.05, 3.63) is 70.2 Å². The van der Waals surface area contributed by atoms with Gasteiger partial charge in [0, 0.05) is 30.9 Å². The van der Waals surface area contributed by atoms with Gasteiger partial charge in [-0.15, -0.1) is 21.5 Å². The molecule has 0 aliphatic heterocycles. The second-order valence-electron chi connectivity index (χ2n) is 6.27. The summed E-state index contributed by atoms with van der Waals surface area (Å²) in [6.07, 6.45) is 3.41. The van der Waals surface area contributed by atoms with Gasteiger partial charge in [0.05, 0.1) is 6.54 Å². The lowest BCUT2D eigenvalue weighted by Gasteiger charge is -2.13. The van der Waals surface area contributed by atoms with Crippen LogP contribution in [0.5, 0.6) is 0 Å². The highest BCUT2D eigenvalue weighted by Gasteiger charge is 2.03. The lowest BCUT2D eigenvalue weighted by molar-refractivity contribution is 0.626. The van der Waals surface area contributed by atoms with E-state index in [4.69, 9.17) is 0 Å². The van der Waals surface area contributed by atoms with Gasteiger partial charge in [0.25, 0.3) is 0 Å². The smallest absolute Gasteiger partial charge is 0.191 e. The van der Waals surface area contributed by atoms with E-state index >= 15 is 0 Å². The van der Waals surface area contributed by atoms with Gasteiger partial charge in [0.15, 0.2) is 5.96 Å². The van der Waals surface area contributed by atoms with Crippen molar-refractivity contribution in [3.8, 4) is 0 Å². The van der Waals surface area contributed by atoms with Crippen LogP contribution in [-0.4, -0.2) is 33.8 Å². The standard InChI is InChI=1S/C20H25FN6S/c1-2-19-26-25-15-27(19)12-11-23-20(24-14-18-4-3-13-28-18)22-10-9-16-5-7-17(21)8-6-16/h3-8,13,15H,2,9-12,14H2,1H3,(H2,22,23,24). The summed E-state index contributed by atoms with van der Waals surface area (Å²) in [7, 11) is 0. The maximum absolute atomic E-state index is 13.0. The summed E-state index contributed by atoms with van der Waals surface area (Å²) >= 11 is 1.69. The van der Waals surface area contributed by atoms with E-state index in [1.807, 2.05) is 22.8 Å². The van der Waals surface area contributed by atoms with Crippen LogP contribution in [0.2, 0.25) is 0 Å². The molecule has 0 aliphatic rings. The van der Waals surface area contributed by atoms with Crippen molar-refractivity contribution in [1.29, 1.82) is 0 Å². The Labute approximate surface area is 168 Å². The van der Waals surface area contributed by atoms with Crippen LogP contribution in [0.15, 0.2) is 53.1 Å². The summed E-state index contributed by atoms with van der Waals surface area (Å²) in [5.41, 5.74) is 1.09. The van der Waals surface area contributed by atoms with Crippen LogP contribution < -0.4 is 10.6 Å². The van der Waals surface area contributed by atoms with E-state index in [1.165, 1.54) is 17.0 Å². The zero-order chi connectivity index (χ0) is 19.6. The first-order valence-corrected chi connectivity index (χ1v) is 10.3. The van der Waals surface area contributed by atoms with E-state index in [2.05, 4.69) is 44.2 Å². The molecule has 2 N–H and O–H groups in total. The lowest BCUT2D eigenvalue weighted by atomic mass is 10.1. The van der Waals surface area contributed by atoms with Gasteiger partial charge in [-0.3, -0.25) is 0 Å². The molecule has 0 radical (unpaired) electrons. The Kier molecular flexibility index (Phi) is 7.54. The van der Waals surface area contributed by atoms with Crippen LogP contribution in [0.25, 0.3) is 0 Å². The third kappa shape index (κ3) is 6.16. The number of benzene rings is 1. The van der Waals surface area contributed by atoms with Gasteiger partial charge in [-0.25, -0.2) is 9.38 Å². The number of rotatable bonds is 9. The van der Waals surface area contributed by atoms with E-state index in [-0.39, 0.29) is 5.82 Å². The average molecular weight is 401 g/mol. The molecule has 0 amide bonds. The maximum Gasteiger partial charge on any atom is 0.191 e. The molecule has 8 heteroatoms. The Bertz CT molecular complexity index is 857. The molecule has 0 spiro atoms. The number of nitrogens with zero attached hydrogens (tertiary/aromatic N) is 4. The summed E-state index contributed by atoms with van der Waals surface area (Å²) in [6.45, 7) is 4.91. The number of nitrogens with one attached hydrogen (secondary N) is 2. The normalized spacial score (nSPS) is 11.6. The van der Waals surface area contributed by atoms with Gasteiger partial charge in [-0.05, 0) is 35.6 Å². The number of halogens is 1. The third-order valence-corrected chi connectivity index (χ3v) is 5.11. The fourth-order valence-electron chi connectivity index (χ4n) is 2.74. The molecule has 2 heterocycles. The molecular formula is C20H25FN6S. The van der Waals surface area contributed by atoms with Crippen LogP contribution in [0.1, 0.15) is 23.2 Å². The molecule has 0 bridgehead atoms. The number of aromatic nitrogens is 3. The molecule has 148 valence electrons. The minimum Gasteiger partial charge on any atom is -0.356 e. The maximum atomic E-state index is 13.0. The van der Waals surface area contributed by atoms with Crippen LogP contribution in [0.4, 0.5) is 4.39 Å². The summed E-state index contributed by atoms with van der Waals surface area (Å²) < 4.78 is 15.1. The largest absolute Gasteiger partial charge is 0.356 e. The van der Waals surface area contributed by atoms with Crippen molar-refractivity contribution in [1.82, 2.24) is 25.4 Å². The highest BCUT2D eigenvalue weighted by Crippen LogP contribution is 2.09. The molecular weight excluding hydrogens is 375 g/mol. The summed E-state index contributed by atoms with van der Waals surface area (Å²) in [4.78, 5) is 5.89. The number of hydrogen-bond donors (Lipinski definition) is 2. The average Bonchev–Trinajstić information content (AvgIpc) is 3.38. The van der Waals surface area contributed by atoms with E-state index < -0.39 is 0 Å². The Morgan fingerprint density at radius 1 is 1.18 bits per heavy atom. The van der Waals surface area contributed by atoms with E-state index in [1.54, 1.807) is 17.7 Å². The summed E-state index contributed by atoms with van der Waals surface area (Å²) in [6, 6.07) is 10.7. The van der Waals surface area contributed by atoms with Gasteiger partial charge in [-0.1, -0.05) is 25.1 Å². The first-order valence-electron chi connectivity index (χ1n) is 9.40. The quantitative estimate of drug-likeness (QED) is 0.428. The van der Waals surface area contributed by atoms with Crippen LogP contribution in [-0.2, 0) is 25.9 Å². The number of thiophene rings is 1. The van der Waals surface area contributed by atoms with Crippen molar-refractivity contribution in [3.63, 3.8) is 0 Å². The Hall–Kier alpha value is -2.74. The predicted molar refractivity (Wildman–Crippen MR) is 111 cm³/mol. The Morgan fingerprint density at radius 2 is 2.00 bits per heavy atom. The van der Waals surface area contributed by atoms with Crippen molar-refractivity contribution < 1.29 is 4.39 Å². The van der Waals surface area contributed by atoms with Crippen molar-refractivity contribution in [2.45, 2.75) is 32.9 Å². The minimum atomic E-state index is -0.211. The fourth-order valence-corrected chi connectivity index (χ4v) is 3.37. The topological polar surface area (TPSA) is 67.1 Å². The Balaban J connectivity index is 1.53. The lowest BCUT2D eigenvalue weighted by Crippen LogP contribution is -2.40. The molecule has 0 unspecified atom stereocenters. The molecule has 0 fully saturated rings. The van der Waals surface area contributed by atoms with Gasteiger partial charge in [0.1, 0.15) is 18.0 Å². The molecule has 0 saturated heterocycles. The van der Waals surface area contributed by atoms with Crippen LogP contribution in [0, 0.1) is 5.82 Å². The molecule has 1 aromatic carbocycles. The highest BCUT2D eigenvalue weighted by molar-refractivity contribution is 7.09. The van der Waals surface area contributed by atoms with E-state index in [0.29, 0.717) is 6.54 Å². The predicted octanol–water partition coefficient (Wildman–Crippen LogP) is 3.02. The second-order valence-corrected chi connectivity index (χ2v) is 7.30. The molecule has 3 aromatic rings. The van der Waals surface area contributed by atoms with Crippen molar-refractivity contribution in [2.75, 3.05) is 13.1 Å². The van der Waals surface area contributed by atoms with Crippen LogP contribution >= 0.6 is 11.3 Å². The number of guanidine groups is 1. The zero-order valence-corrected chi connectivity index (χ0v) is 16.8. The SMILES string of the molecule is CCc1nncn1CCNC(=NCc1cccs1)NCCc1ccc(F)cc1. The number of aryl methyl sites for hydroxylation is 1. The first kappa shape index (κ1) is 20.0. The van der Waals surface area contributed by atoms with E-state index in [9.17, 15) is 4.39 Å². The third-order valence-electron chi connectivity index (χ3n) is 4.25. The summed E-state index contributed by atoms with van der Waals surface area (Å²) in [5.74, 6) is 1.53. The first-order chi connectivity index (χ1) is 13.7. The van der Waals surface area contributed by atoms with Crippen molar-refractivity contribution >= 4 is 17.3 Å². The van der Waals surface area contributed by atoms with Crippen LogP contribution in [0.3, 0.4) is 0 Å². The zero-order valence-electron chi connectivity index (χ0n) is 15.9. The second kappa shape index (κ2) is 10.6. The van der Waals surface area contributed by atoms with Gasteiger partial charge in [-0.2, -0.15) is 0 Å². The van der Waals surface area contributed by atoms with Gasteiger partial charge >= 0.3 is 0 Å². The molecule has 2 aromatic heterocycles. The molecule has 6 nitrogen and oxygen atoms in total. The highest BCUT2D eigenvalue weighted by atomic mass is 32.1. The minimum absolute atomic E-state index is 0.211. The summed E-state index contributed by atoms with van der Waals surface area (Å²) in [5, 5.41) is 16.9. The van der Waals surface area contributed by atoms with E-state index in [0.717, 1.165) is 49.8 Å². The number of aliphatic imine (C=N–C) groups is 1. The van der Waals surface area contributed by atoms with Gasteiger partial charge in [0.2, 0.25) is 0 Å². The van der Waals surface area contributed by atoms with Crippen molar-refractivity contribution in [2.24, 2.45) is 4.99 Å². The molecule has 28 heavy (non-hydrogen) atoms. The van der Waals surface area contributed by atoms with Gasteiger partial charge < -0.3 is 15.2 Å².